The van der Waals surface area contributed by atoms with Gasteiger partial charge in [0.25, 0.3) is 0 Å². The molecule has 0 aliphatic carbocycles. The fraction of sp³-hybridized carbons (Fsp3) is 0.529. The van der Waals surface area contributed by atoms with Crippen LogP contribution in [-0.2, 0) is 24.3 Å². The van der Waals surface area contributed by atoms with E-state index in [1.807, 2.05) is 0 Å². The number of esters is 1. The number of amides is 1. The van der Waals surface area contributed by atoms with E-state index in [2.05, 4.69) is 0 Å². The zero-order valence-corrected chi connectivity index (χ0v) is 15.8. The standard InChI is InChI=1S/C17H23FN2O5S/c1-12(16(21)19-10-8-13(9-11-19)17(22)25-2)20(26(3,23)24)15-6-4-14(18)5-7-15/h4-7,12-13H,8-11H2,1-3H3. The average Bonchev–Trinajstić information content (AvgIpc) is 2.61. The van der Waals surface area contributed by atoms with Crippen LogP contribution in [0, 0.1) is 11.7 Å². The molecule has 1 atom stereocenters. The van der Waals surface area contributed by atoms with Crippen LogP contribution in [0.4, 0.5) is 10.1 Å². The van der Waals surface area contributed by atoms with Crippen molar-refractivity contribution in [1.82, 2.24) is 4.90 Å². The van der Waals surface area contributed by atoms with Gasteiger partial charge in [0.05, 0.1) is 25.0 Å². The molecule has 1 aromatic rings. The highest BCUT2D eigenvalue weighted by Crippen LogP contribution is 2.24. The maximum Gasteiger partial charge on any atom is 0.308 e. The summed E-state index contributed by atoms with van der Waals surface area (Å²) in [5.74, 6) is -1.40. The summed E-state index contributed by atoms with van der Waals surface area (Å²) in [7, 11) is -2.42. The second-order valence-electron chi connectivity index (χ2n) is 6.33. The highest BCUT2D eigenvalue weighted by atomic mass is 32.2. The van der Waals surface area contributed by atoms with Gasteiger partial charge in [0, 0.05) is 13.1 Å². The van der Waals surface area contributed by atoms with Crippen LogP contribution >= 0.6 is 0 Å². The van der Waals surface area contributed by atoms with Crippen LogP contribution in [0.1, 0.15) is 19.8 Å². The number of nitrogens with zero attached hydrogens (tertiary/aromatic N) is 2. The highest BCUT2D eigenvalue weighted by Gasteiger charge is 2.35. The monoisotopic (exact) mass is 386 g/mol. The first-order valence-electron chi connectivity index (χ1n) is 8.26. The lowest BCUT2D eigenvalue weighted by Crippen LogP contribution is -2.51. The van der Waals surface area contributed by atoms with Crippen molar-refractivity contribution in [1.29, 1.82) is 0 Å². The largest absolute Gasteiger partial charge is 0.469 e. The number of carbonyl (C=O) groups is 2. The molecular formula is C17H23FN2O5S. The van der Waals surface area contributed by atoms with Gasteiger partial charge in [-0.1, -0.05) is 0 Å². The summed E-state index contributed by atoms with van der Waals surface area (Å²) in [5, 5.41) is 0. The van der Waals surface area contributed by atoms with Crippen LogP contribution in [0.25, 0.3) is 0 Å². The average molecular weight is 386 g/mol. The number of ether oxygens (including phenoxy) is 1. The van der Waals surface area contributed by atoms with Crippen LogP contribution in [0.5, 0.6) is 0 Å². The fourth-order valence-corrected chi connectivity index (χ4v) is 4.33. The Kier molecular flexibility index (Phi) is 6.22. The second kappa shape index (κ2) is 8.03. The lowest BCUT2D eigenvalue weighted by Gasteiger charge is -2.36. The molecule has 1 fully saturated rings. The van der Waals surface area contributed by atoms with Crippen molar-refractivity contribution < 1.29 is 27.1 Å². The molecule has 144 valence electrons. The van der Waals surface area contributed by atoms with Crippen LogP contribution in [0.2, 0.25) is 0 Å². The molecule has 0 spiro atoms. The Labute approximate surface area is 152 Å². The first-order valence-corrected chi connectivity index (χ1v) is 10.1. The van der Waals surface area contributed by atoms with Crippen molar-refractivity contribution in [2.45, 2.75) is 25.8 Å². The number of benzene rings is 1. The van der Waals surface area contributed by atoms with Gasteiger partial charge in [-0.05, 0) is 44.0 Å². The van der Waals surface area contributed by atoms with Gasteiger partial charge in [-0.15, -0.1) is 0 Å². The number of piperidine rings is 1. The number of hydrogen-bond acceptors (Lipinski definition) is 5. The third-order valence-corrected chi connectivity index (χ3v) is 5.73. The van der Waals surface area contributed by atoms with Gasteiger partial charge in [-0.3, -0.25) is 13.9 Å². The van der Waals surface area contributed by atoms with E-state index in [0.717, 1.165) is 22.7 Å². The molecule has 2 rings (SSSR count). The van der Waals surface area contributed by atoms with Crippen LogP contribution in [0.3, 0.4) is 0 Å². The summed E-state index contributed by atoms with van der Waals surface area (Å²) < 4.78 is 43.3. The van der Waals surface area contributed by atoms with Crippen molar-refractivity contribution >= 4 is 27.6 Å². The number of anilines is 1. The molecule has 0 saturated carbocycles. The normalized spacial score (nSPS) is 16.8. The molecule has 1 heterocycles. The van der Waals surface area contributed by atoms with Crippen LogP contribution in [0.15, 0.2) is 24.3 Å². The van der Waals surface area contributed by atoms with Crippen molar-refractivity contribution in [3.63, 3.8) is 0 Å². The Morgan fingerprint density at radius 1 is 1.23 bits per heavy atom. The Morgan fingerprint density at radius 2 is 1.77 bits per heavy atom. The molecular weight excluding hydrogens is 363 g/mol. The first kappa shape index (κ1) is 20.2. The van der Waals surface area contributed by atoms with E-state index < -0.39 is 21.9 Å². The van der Waals surface area contributed by atoms with Gasteiger partial charge in [0.1, 0.15) is 11.9 Å². The predicted molar refractivity (Wildman–Crippen MR) is 94.5 cm³/mol. The molecule has 1 amide bonds. The molecule has 9 heteroatoms. The van der Waals surface area contributed by atoms with E-state index in [9.17, 15) is 22.4 Å². The number of carbonyl (C=O) groups excluding carboxylic acids is 2. The number of halogens is 1. The molecule has 1 aliphatic heterocycles. The Hall–Kier alpha value is -2.16. The summed E-state index contributed by atoms with van der Waals surface area (Å²) >= 11 is 0. The predicted octanol–water partition coefficient (Wildman–Crippen LogP) is 1.39. The lowest BCUT2D eigenvalue weighted by molar-refractivity contribution is -0.149. The van der Waals surface area contributed by atoms with Gasteiger partial charge in [0.2, 0.25) is 15.9 Å². The van der Waals surface area contributed by atoms with Gasteiger partial charge in [-0.2, -0.15) is 0 Å². The molecule has 0 radical (unpaired) electrons. The minimum atomic E-state index is -3.75. The van der Waals surface area contributed by atoms with Crippen LogP contribution in [-0.4, -0.2) is 57.7 Å². The summed E-state index contributed by atoms with van der Waals surface area (Å²) in [6.45, 7) is 2.20. The van der Waals surface area contributed by atoms with Gasteiger partial charge in [-0.25, -0.2) is 12.8 Å². The van der Waals surface area contributed by atoms with E-state index in [1.54, 1.807) is 4.90 Å². The summed E-state index contributed by atoms with van der Waals surface area (Å²) in [5.41, 5.74) is 0.221. The lowest BCUT2D eigenvalue weighted by atomic mass is 9.96. The molecule has 0 N–H and O–H groups in total. The molecule has 26 heavy (non-hydrogen) atoms. The molecule has 0 bridgehead atoms. The Morgan fingerprint density at radius 3 is 2.23 bits per heavy atom. The molecule has 0 aromatic heterocycles. The molecule has 1 aliphatic rings. The minimum absolute atomic E-state index is 0.221. The van der Waals surface area contributed by atoms with E-state index in [1.165, 1.54) is 26.2 Å². The van der Waals surface area contributed by atoms with Crippen molar-refractivity contribution in [2.24, 2.45) is 5.92 Å². The third-order valence-electron chi connectivity index (χ3n) is 4.49. The smallest absolute Gasteiger partial charge is 0.308 e. The Bertz CT molecular complexity index is 758. The van der Waals surface area contributed by atoms with E-state index >= 15 is 0 Å². The van der Waals surface area contributed by atoms with Crippen molar-refractivity contribution in [2.75, 3.05) is 30.8 Å². The molecule has 1 aromatic carbocycles. The maximum atomic E-state index is 13.1. The van der Waals surface area contributed by atoms with Crippen molar-refractivity contribution in [3.8, 4) is 0 Å². The third kappa shape index (κ3) is 4.51. The van der Waals surface area contributed by atoms with Gasteiger partial charge >= 0.3 is 5.97 Å². The van der Waals surface area contributed by atoms with Crippen LogP contribution < -0.4 is 4.31 Å². The Balaban J connectivity index is 2.16. The van der Waals surface area contributed by atoms with E-state index in [-0.39, 0.29) is 23.5 Å². The van der Waals surface area contributed by atoms with E-state index in [4.69, 9.17) is 4.74 Å². The fourth-order valence-electron chi connectivity index (χ4n) is 3.16. The maximum absolute atomic E-state index is 13.1. The SMILES string of the molecule is COC(=O)C1CCN(C(=O)C(C)N(c2ccc(F)cc2)S(C)(=O)=O)CC1. The zero-order chi connectivity index (χ0) is 19.5. The molecule has 7 nitrogen and oxygen atoms in total. The number of rotatable bonds is 5. The molecule has 1 unspecified atom stereocenters. The number of likely N-dealkylation sites (tertiary alicyclic amines) is 1. The summed E-state index contributed by atoms with van der Waals surface area (Å²) in [4.78, 5) is 25.9. The number of hydrogen-bond donors (Lipinski definition) is 0. The molecule has 1 saturated heterocycles. The minimum Gasteiger partial charge on any atom is -0.469 e. The van der Waals surface area contributed by atoms with E-state index in [0.29, 0.717) is 25.9 Å². The highest BCUT2D eigenvalue weighted by molar-refractivity contribution is 7.92. The van der Waals surface area contributed by atoms with Crippen molar-refractivity contribution in [3.05, 3.63) is 30.1 Å². The zero-order valence-electron chi connectivity index (χ0n) is 15.0. The summed E-state index contributed by atoms with van der Waals surface area (Å²) in [6, 6.07) is 3.96. The van der Waals surface area contributed by atoms with Gasteiger partial charge < -0.3 is 9.64 Å². The number of methoxy groups -OCH3 is 1. The number of sulfonamides is 1. The van der Waals surface area contributed by atoms with Gasteiger partial charge in [0.15, 0.2) is 0 Å². The first-order chi connectivity index (χ1) is 12.1. The topological polar surface area (TPSA) is 84.0 Å². The summed E-state index contributed by atoms with van der Waals surface area (Å²) in [6.07, 6.45) is 1.95. The second-order valence-corrected chi connectivity index (χ2v) is 8.19. The quantitative estimate of drug-likeness (QED) is 0.714.